The Hall–Kier alpha value is -3.48. The number of carbonyl (C=O) groups excluding carboxylic acids is 2. The van der Waals surface area contributed by atoms with Gasteiger partial charge in [-0.3, -0.25) is 9.59 Å². The normalized spacial score (nSPS) is 11.7. The number of hydrogen-bond donors (Lipinski definition) is 3. The van der Waals surface area contributed by atoms with Crippen LogP contribution in [0, 0.1) is 0 Å². The van der Waals surface area contributed by atoms with Crippen molar-refractivity contribution in [1.29, 1.82) is 0 Å². The lowest BCUT2D eigenvalue weighted by Gasteiger charge is -2.15. The van der Waals surface area contributed by atoms with E-state index in [0.29, 0.717) is 17.1 Å². The van der Waals surface area contributed by atoms with Gasteiger partial charge in [0.15, 0.2) is 0 Å². The second-order valence-electron chi connectivity index (χ2n) is 5.54. The quantitative estimate of drug-likeness (QED) is 0.662. The Morgan fingerprint density at radius 3 is 2.48 bits per heavy atom. The lowest BCUT2D eigenvalue weighted by atomic mass is 10.2. The maximum atomic E-state index is 12.4. The van der Waals surface area contributed by atoms with Crippen LogP contribution in [-0.2, 0) is 4.79 Å². The van der Waals surface area contributed by atoms with E-state index >= 15 is 0 Å². The highest BCUT2D eigenvalue weighted by molar-refractivity contribution is 5.99. The first-order chi connectivity index (χ1) is 12.0. The highest BCUT2D eigenvalue weighted by atomic mass is 16.2. The third-order valence-electron chi connectivity index (χ3n) is 3.73. The number of carbonyl (C=O) groups is 2. The van der Waals surface area contributed by atoms with Gasteiger partial charge < -0.3 is 16.4 Å². The third kappa shape index (κ3) is 3.72. The number of amides is 2. The molecule has 0 fully saturated rings. The summed E-state index contributed by atoms with van der Waals surface area (Å²) in [5.74, 6) is -0.143. The van der Waals surface area contributed by atoms with E-state index in [1.165, 1.54) is 6.33 Å². The Labute approximate surface area is 144 Å². The molecule has 0 saturated heterocycles. The van der Waals surface area contributed by atoms with Gasteiger partial charge in [-0.15, -0.1) is 0 Å². The molecule has 0 radical (unpaired) electrons. The molecule has 1 atom stereocenters. The molecule has 0 saturated carbocycles. The summed E-state index contributed by atoms with van der Waals surface area (Å²) in [5.41, 5.74) is 6.96. The Bertz CT molecular complexity index is 919. The number of anilines is 2. The molecule has 0 bridgehead atoms. The molecule has 3 rings (SSSR count). The summed E-state index contributed by atoms with van der Waals surface area (Å²) in [7, 11) is 0. The third-order valence-corrected chi connectivity index (χ3v) is 3.73. The van der Waals surface area contributed by atoms with Gasteiger partial charge in [-0.05, 0) is 43.3 Å². The van der Waals surface area contributed by atoms with Gasteiger partial charge in [0.2, 0.25) is 11.8 Å². The largest absolute Gasteiger partial charge is 0.366 e. The molecule has 0 aliphatic heterocycles. The topological polar surface area (TPSA) is 110 Å². The Balaban J connectivity index is 1.71. The summed E-state index contributed by atoms with van der Waals surface area (Å²) in [4.78, 5) is 31.8. The minimum Gasteiger partial charge on any atom is -0.366 e. The van der Waals surface area contributed by atoms with Crippen LogP contribution in [-0.4, -0.2) is 27.8 Å². The van der Waals surface area contributed by atoms with Crippen LogP contribution in [0.3, 0.4) is 0 Å². The van der Waals surface area contributed by atoms with Crippen molar-refractivity contribution in [3.8, 4) is 0 Å². The molecule has 25 heavy (non-hydrogen) atoms. The van der Waals surface area contributed by atoms with Crippen molar-refractivity contribution >= 4 is 34.2 Å². The first kappa shape index (κ1) is 16.4. The van der Waals surface area contributed by atoms with Crippen molar-refractivity contribution in [2.24, 2.45) is 5.73 Å². The Kier molecular flexibility index (Phi) is 4.56. The molecule has 1 unspecified atom stereocenters. The van der Waals surface area contributed by atoms with E-state index in [0.717, 1.165) is 10.9 Å². The molecule has 0 aliphatic carbocycles. The van der Waals surface area contributed by atoms with Gasteiger partial charge in [0, 0.05) is 16.6 Å². The van der Waals surface area contributed by atoms with Gasteiger partial charge in [0.25, 0.3) is 0 Å². The predicted molar refractivity (Wildman–Crippen MR) is 96.2 cm³/mol. The highest BCUT2D eigenvalue weighted by Gasteiger charge is 2.15. The summed E-state index contributed by atoms with van der Waals surface area (Å²) in [6, 6.07) is 13.4. The first-order valence-corrected chi connectivity index (χ1v) is 7.71. The highest BCUT2D eigenvalue weighted by Crippen LogP contribution is 2.19. The van der Waals surface area contributed by atoms with Crippen LogP contribution in [0.5, 0.6) is 0 Å². The number of primary amides is 1. The fraction of sp³-hybridized carbons (Fsp3) is 0.111. The zero-order valence-corrected chi connectivity index (χ0v) is 13.6. The monoisotopic (exact) mass is 335 g/mol. The number of hydrogen-bond acceptors (Lipinski definition) is 5. The van der Waals surface area contributed by atoms with Crippen LogP contribution in [0.25, 0.3) is 10.9 Å². The van der Waals surface area contributed by atoms with Crippen LogP contribution < -0.4 is 16.4 Å². The molecule has 0 aliphatic rings. The van der Waals surface area contributed by atoms with E-state index in [1.807, 2.05) is 24.3 Å². The lowest BCUT2D eigenvalue weighted by Crippen LogP contribution is -2.32. The fourth-order valence-corrected chi connectivity index (χ4v) is 2.36. The number of benzene rings is 2. The first-order valence-electron chi connectivity index (χ1n) is 7.71. The van der Waals surface area contributed by atoms with E-state index in [1.54, 1.807) is 31.2 Å². The number of fused-ring (bicyclic) bond motifs is 1. The maximum Gasteiger partial charge on any atom is 0.248 e. The van der Waals surface area contributed by atoms with Crippen molar-refractivity contribution in [1.82, 2.24) is 9.97 Å². The summed E-state index contributed by atoms with van der Waals surface area (Å²) in [5, 5.41) is 6.72. The van der Waals surface area contributed by atoms with Crippen molar-refractivity contribution in [2.75, 3.05) is 10.6 Å². The smallest absolute Gasteiger partial charge is 0.248 e. The molecule has 1 heterocycles. The van der Waals surface area contributed by atoms with Crippen LogP contribution in [0.2, 0.25) is 0 Å². The summed E-state index contributed by atoms with van der Waals surface area (Å²) >= 11 is 0. The Morgan fingerprint density at radius 1 is 1.04 bits per heavy atom. The fourth-order valence-electron chi connectivity index (χ4n) is 2.36. The molecule has 3 aromatic rings. The second-order valence-corrected chi connectivity index (χ2v) is 5.54. The van der Waals surface area contributed by atoms with E-state index < -0.39 is 11.9 Å². The minimum atomic E-state index is -0.519. The molecule has 2 amide bonds. The Morgan fingerprint density at radius 2 is 1.76 bits per heavy atom. The average Bonchev–Trinajstić information content (AvgIpc) is 2.62. The summed E-state index contributed by atoms with van der Waals surface area (Å²) < 4.78 is 0. The molecule has 0 spiro atoms. The second kappa shape index (κ2) is 6.96. The van der Waals surface area contributed by atoms with Gasteiger partial charge in [-0.25, -0.2) is 9.97 Å². The van der Waals surface area contributed by atoms with E-state index in [-0.39, 0.29) is 5.91 Å². The molecule has 126 valence electrons. The van der Waals surface area contributed by atoms with Crippen molar-refractivity contribution in [3.05, 3.63) is 60.4 Å². The number of rotatable bonds is 5. The summed E-state index contributed by atoms with van der Waals surface area (Å²) in [6.07, 6.45) is 1.46. The zero-order valence-electron chi connectivity index (χ0n) is 13.6. The average molecular weight is 335 g/mol. The number of para-hydroxylation sites is 1. The van der Waals surface area contributed by atoms with Crippen molar-refractivity contribution < 1.29 is 9.59 Å². The van der Waals surface area contributed by atoms with Crippen LogP contribution in [0.4, 0.5) is 11.5 Å². The zero-order chi connectivity index (χ0) is 17.8. The molecule has 4 N–H and O–H groups in total. The van der Waals surface area contributed by atoms with Crippen molar-refractivity contribution in [3.63, 3.8) is 0 Å². The van der Waals surface area contributed by atoms with Gasteiger partial charge in [-0.1, -0.05) is 12.1 Å². The van der Waals surface area contributed by atoms with Gasteiger partial charge in [-0.2, -0.15) is 0 Å². The van der Waals surface area contributed by atoms with Gasteiger partial charge in [0.05, 0.1) is 5.52 Å². The number of nitrogens with one attached hydrogen (secondary N) is 2. The number of nitrogens with zero attached hydrogens (tertiary/aromatic N) is 2. The van der Waals surface area contributed by atoms with Crippen LogP contribution >= 0.6 is 0 Å². The standard InChI is InChI=1S/C18H17N5O2/c1-11(18(25)23-13-8-6-12(7-9-13)16(19)24)22-17-14-4-2-3-5-15(14)20-10-21-17/h2-11H,1H3,(H2,19,24)(H,23,25)(H,20,21,22). The number of aromatic nitrogens is 2. The van der Waals surface area contributed by atoms with Crippen LogP contribution in [0.1, 0.15) is 17.3 Å². The van der Waals surface area contributed by atoms with E-state index in [9.17, 15) is 9.59 Å². The number of nitrogens with two attached hydrogens (primary N) is 1. The van der Waals surface area contributed by atoms with Crippen LogP contribution in [0.15, 0.2) is 54.9 Å². The molecule has 7 heteroatoms. The summed E-state index contributed by atoms with van der Waals surface area (Å²) in [6.45, 7) is 1.74. The lowest BCUT2D eigenvalue weighted by molar-refractivity contribution is -0.116. The minimum absolute atomic E-state index is 0.227. The molecular weight excluding hydrogens is 318 g/mol. The maximum absolute atomic E-state index is 12.4. The van der Waals surface area contributed by atoms with Gasteiger partial charge in [0.1, 0.15) is 18.2 Å². The van der Waals surface area contributed by atoms with E-state index in [2.05, 4.69) is 20.6 Å². The van der Waals surface area contributed by atoms with E-state index in [4.69, 9.17) is 5.73 Å². The van der Waals surface area contributed by atoms with Gasteiger partial charge >= 0.3 is 0 Å². The SMILES string of the molecule is CC(Nc1ncnc2ccccc12)C(=O)Nc1ccc(C(N)=O)cc1. The predicted octanol–water partition coefficient (Wildman–Crippen LogP) is 2.17. The molecular formula is C18H17N5O2. The van der Waals surface area contributed by atoms with Crippen molar-refractivity contribution in [2.45, 2.75) is 13.0 Å². The molecule has 1 aromatic heterocycles. The molecule has 7 nitrogen and oxygen atoms in total. The molecule has 2 aromatic carbocycles.